The van der Waals surface area contributed by atoms with Gasteiger partial charge in [-0.2, -0.15) is 0 Å². The van der Waals surface area contributed by atoms with Gasteiger partial charge in [0.15, 0.2) is 0 Å². The van der Waals surface area contributed by atoms with Crippen LogP contribution in [0.25, 0.3) is 0 Å². The van der Waals surface area contributed by atoms with Crippen LogP contribution in [0.1, 0.15) is 42.5 Å². The van der Waals surface area contributed by atoms with Gasteiger partial charge in [-0.05, 0) is 37.5 Å². The molecule has 114 valence electrons. The van der Waals surface area contributed by atoms with Crippen LogP contribution in [-0.2, 0) is 0 Å². The zero-order chi connectivity index (χ0) is 15.0. The number of benzene rings is 1. The maximum atomic E-state index is 11.2. The minimum atomic E-state index is -0.489. The summed E-state index contributed by atoms with van der Waals surface area (Å²) in [4.78, 5) is 13.4. The van der Waals surface area contributed by atoms with Crippen LogP contribution in [0.5, 0.6) is 0 Å². The number of piperidine rings is 1. The first-order valence-corrected chi connectivity index (χ1v) is 7.66. The molecule has 5 nitrogen and oxygen atoms in total. The summed E-state index contributed by atoms with van der Waals surface area (Å²) in [6.45, 7) is 1.63. The van der Waals surface area contributed by atoms with Crippen LogP contribution in [0.2, 0.25) is 0 Å². The number of rotatable bonds is 2. The highest BCUT2D eigenvalue weighted by Crippen LogP contribution is 2.41. The highest BCUT2D eigenvalue weighted by Gasteiger charge is 2.42. The van der Waals surface area contributed by atoms with Gasteiger partial charge in [-0.15, -0.1) is 0 Å². The molecule has 2 aliphatic rings. The molecule has 1 aromatic rings. The molecule has 1 aromatic carbocycles. The zero-order valence-corrected chi connectivity index (χ0v) is 12.2. The van der Waals surface area contributed by atoms with Gasteiger partial charge in [-0.3, -0.25) is 4.79 Å². The number of nitrogens with zero attached hydrogens (tertiary/aromatic N) is 1. The van der Waals surface area contributed by atoms with E-state index in [-0.39, 0.29) is 0 Å². The Kier molecular flexibility index (Phi) is 3.53. The average Bonchev–Trinajstić information content (AvgIpc) is 2.46. The summed E-state index contributed by atoms with van der Waals surface area (Å²) in [6.07, 6.45) is 5.10. The van der Waals surface area contributed by atoms with Gasteiger partial charge in [0.25, 0.3) is 0 Å². The van der Waals surface area contributed by atoms with Crippen molar-refractivity contribution in [3.63, 3.8) is 0 Å². The maximum Gasteiger partial charge on any atom is 0.248 e. The number of carbonyl (C=O) groups is 1. The number of hydrogen-bond donors (Lipinski definition) is 3. The number of nitrogen functional groups attached to an aromatic ring is 1. The number of hydrogen-bond acceptors (Lipinski definition) is 4. The lowest BCUT2D eigenvalue weighted by Gasteiger charge is -2.48. The smallest absolute Gasteiger partial charge is 0.248 e. The molecule has 5 N–H and O–H groups in total. The molecule has 5 heteroatoms. The highest BCUT2D eigenvalue weighted by atomic mass is 16.3. The Hall–Kier alpha value is -1.75. The van der Waals surface area contributed by atoms with Gasteiger partial charge in [-0.1, -0.05) is 12.8 Å². The summed E-state index contributed by atoms with van der Waals surface area (Å²) in [6, 6.07) is 5.22. The number of amides is 1. The molecule has 0 bridgehead atoms. The molecule has 3 rings (SSSR count). The molecule has 1 saturated heterocycles. The number of carbonyl (C=O) groups excluding carboxylic acids is 1. The van der Waals surface area contributed by atoms with E-state index >= 15 is 0 Å². The summed E-state index contributed by atoms with van der Waals surface area (Å²) in [7, 11) is 0. The van der Waals surface area contributed by atoms with Crippen molar-refractivity contribution in [2.24, 2.45) is 11.7 Å². The Labute approximate surface area is 124 Å². The lowest BCUT2D eigenvalue weighted by Crippen LogP contribution is -2.53. The van der Waals surface area contributed by atoms with Crippen molar-refractivity contribution in [2.75, 3.05) is 23.7 Å². The molecule has 1 aliphatic heterocycles. The summed E-state index contributed by atoms with van der Waals surface area (Å²) in [5.74, 6) is -0.149. The van der Waals surface area contributed by atoms with E-state index < -0.39 is 11.5 Å². The average molecular weight is 289 g/mol. The Morgan fingerprint density at radius 3 is 2.86 bits per heavy atom. The van der Waals surface area contributed by atoms with Gasteiger partial charge in [0.1, 0.15) is 0 Å². The van der Waals surface area contributed by atoms with Crippen molar-refractivity contribution in [3.05, 3.63) is 23.8 Å². The second kappa shape index (κ2) is 5.22. The van der Waals surface area contributed by atoms with Crippen LogP contribution in [0.4, 0.5) is 11.4 Å². The molecule has 21 heavy (non-hydrogen) atoms. The standard InChI is InChI=1S/C16H23N3O2/c17-13-9-11(15(18)20)4-5-14(13)19-8-7-16(21)6-2-1-3-12(16)10-19/h4-5,9,12,21H,1-3,6-8,10,17H2,(H2,18,20). The highest BCUT2D eigenvalue weighted by molar-refractivity contribution is 5.94. The first-order chi connectivity index (χ1) is 9.99. The molecule has 0 radical (unpaired) electrons. The topological polar surface area (TPSA) is 92.6 Å². The molecule has 1 saturated carbocycles. The monoisotopic (exact) mass is 289 g/mol. The SMILES string of the molecule is NC(=O)c1ccc(N2CCC3(O)CCCCC3C2)c(N)c1. The Bertz CT molecular complexity index is 560. The molecule has 1 aliphatic carbocycles. The number of aliphatic hydroxyl groups is 1. The molecular weight excluding hydrogens is 266 g/mol. The fourth-order valence-corrected chi connectivity index (χ4v) is 3.79. The lowest BCUT2D eigenvalue weighted by molar-refractivity contribution is -0.0612. The van der Waals surface area contributed by atoms with Crippen LogP contribution < -0.4 is 16.4 Å². The summed E-state index contributed by atoms with van der Waals surface area (Å²) < 4.78 is 0. The van der Waals surface area contributed by atoms with Crippen LogP contribution in [0.3, 0.4) is 0 Å². The van der Waals surface area contributed by atoms with E-state index in [1.165, 1.54) is 6.42 Å². The third-order valence-electron chi connectivity index (χ3n) is 5.08. The Morgan fingerprint density at radius 1 is 1.33 bits per heavy atom. The van der Waals surface area contributed by atoms with Crippen LogP contribution in [0, 0.1) is 5.92 Å². The molecule has 2 unspecified atom stereocenters. The predicted octanol–water partition coefficient (Wildman–Crippen LogP) is 1.50. The number of nitrogens with two attached hydrogens (primary N) is 2. The molecule has 0 aromatic heterocycles. The quantitative estimate of drug-likeness (QED) is 0.719. The fourth-order valence-electron chi connectivity index (χ4n) is 3.79. The Morgan fingerprint density at radius 2 is 2.14 bits per heavy atom. The second-order valence-corrected chi connectivity index (χ2v) is 6.38. The molecule has 1 amide bonds. The van der Waals surface area contributed by atoms with Gasteiger partial charge in [0, 0.05) is 24.6 Å². The van der Waals surface area contributed by atoms with E-state index in [9.17, 15) is 9.90 Å². The largest absolute Gasteiger partial charge is 0.397 e. The van der Waals surface area contributed by atoms with E-state index in [4.69, 9.17) is 11.5 Å². The molecule has 2 atom stereocenters. The van der Waals surface area contributed by atoms with Crippen LogP contribution in [-0.4, -0.2) is 29.7 Å². The third kappa shape index (κ3) is 2.58. The second-order valence-electron chi connectivity index (χ2n) is 6.38. The Balaban J connectivity index is 1.81. The lowest BCUT2D eigenvalue weighted by atomic mass is 9.71. The van der Waals surface area contributed by atoms with E-state index in [2.05, 4.69) is 4.90 Å². The van der Waals surface area contributed by atoms with Crippen molar-refractivity contribution in [3.8, 4) is 0 Å². The van der Waals surface area contributed by atoms with Crippen molar-refractivity contribution in [1.82, 2.24) is 0 Å². The summed E-state index contributed by atoms with van der Waals surface area (Å²) in [5, 5.41) is 10.7. The van der Waals surface area contributed by atoms with Crippen molar-refractivity contribution in [1.29, 1.82) is 0 Å². The molecular formula is C16H23N3O2. The molecule has 2 fully saturated rings. The predicted molar refractivity (Wildman–Crippen MR) is 83.1 cm³/mol. The van der Waals surface area contributed by atoms with E-state index in [0.29, 0.717) is 17.2 Å². The molecule has 1 heterocycles. The van der Waals surface area contributed by atoms with Crippen molar-refractivity contribution in [2.45, 2.75) is 37.7 Å². The van der Waals surface area contributed by atoms with E-state index in [0.717, 1.165) is 44.5 Å². The normalized spacial score (nSPS) is 29.0. The zero-order valence-electron chi connectivity index (χ0n) is 12.2. The van der Waals surface area contributed by atoms with E-state index in [1.807, 2.05) is 6.07 Å². The van der Waals surface area contributed by atoms with Gasteiger partial charge < -0.3 is 21.5 Å². The van der Waals surface area contributed by atoms with Gasteiger partial charge in [-0.25, -0.2) is 0 Å². The summed E-state index contributed by atoms with van der Waals surface area (Å²) >= 11 is 0. The first kappa shape index (κ1) is 14.2. The van der Waals surface area contributed by atoms with E-state index in [1.54, 1.807) is 12.1 Å². The van der Waals surface area contributed by atoms with Crippen LogP contribution >= 0.6 is 0 Å². The van der Waals surface area contributed by atoms with Gasteiger partial charge in [0.05, 0.1) is 17.0 Å². The fraction of sp³-hybridized carbons (Fsp3) is 0.562. The van der Waals surface area contributed by atoms with Crippen molar-refractivity contribution < 1.29 is 9.90 Å². The third-order valence-corrected chi connectivity index (χ3v) is 5.08. The van der Waals surface area contributed by atoms with Gasteiger partial charge >= 0.3 is 0 Å². The maximum absolute atomic E-state index is 11.2. The number of anilines is 2. The first-order valence-electron chi connectivity index (χ1n) is 7.66. The minimum Gasteiger partial charge on any atom is -0.397 e. The molecule has 0 spiro atoms. The number of primary amides is 1. The minimum absolute atomic E-state index is 0.315. The van der Waals surface area contributed by atoms with Crippen LogP contribution in [0.15, 0.2) is 18.2 Å². The van der Waals surface area contributed by atoms with Gasteiger partial charge in [0.2, 0.25) is 5.91 Å². The summed E-state index contributed by atoms with van der Waals surface area (Å²) in [5.41, 5.74) is 12.8. The van der Waals surface area contributed by atoms with Crippen molar-refractivity contribution >= 4 is 17.3 Å². The number of fused-ring (bicyclic) bond motifs is 1.